The minimum atomic E-state index is -0.244. The van der Waals surface area contributed by atoms with Gasteiger partial charge in [-0.3, -0.25) is 19.9 Å². The van der Waals surface area contributed by atoms with E-state index in [1.54, 1.807) is 30.0 Å². The third-order valence-corrected chi connectivity index (χ3v) is 4.76. The van der Waals surface area contributed by atoms with Crippen LogP contribution in [0.2, 0.25) is 0 Å². The first kappa shape index (κ1) is 18.7. The Kier molecular flexibility index (Phi) is 5.25. The molecule has 0 fully saturated rings. The van der Waals surface area contributed by atoms with Gasteiger partial charge in [0.05, 0.1) is 12.1 Å². The molecule has 29 heavy (non-hydrogen) atoms. The lowest BCUT2D eigenvalue weighted by Crippen LogP contribution is -2.23. The Morgan fingerprint density at radius 1 is 1.14 bits per heavy atom. The number of hydrogen-bond donors (Lipinski definition) is 3. The molecule has 0 unspecified atom stereocenters. The number of anilines is 2. The fourth-order valence-electron chi connectivity index (χ4n) is 2.62. The minimum absolute atomic E-state index is 0.244. The van der Waals surface area contributed by atoms with Crippen molar-refractivity contribution in [2.45, 2.75) is 20.4 Å². The second kappa shape index (κ2) is 8.15. The summed E-state index contributed by atoms with van der Waals surface area (Å²) >= 11 is 1.49. The van der Waals surface area contributed by atoms with Crippen molar-refractivity contribution in [3.63, 3.8) is 0 Å². The first-order chi connectivity index (χ1) is 14.1. The molecule has 4 heterocycles. The van der Waals surface area contributed by atoms with Gasteiger partial charge in [0.2, 0.25) is 0 Å². The molecule has 0 bridgehead atoms. The molecule has 0 aliphatic rings. The molecule has 146 valence electrons. The lowest BCUT2D eigenvalue weighted by Gasteiger charge is -2.07. The Morgan fingerprint density at radius 3 is 2.72 bits per heavy atom. The van der Waals surface area contributed by atoms with Crippen LogP contribution in [0.25, 0.3) is 11.4 Å². The van der Waals surface area contributed by atoms with Crippen molar-refractivity contribution in [3.05, 3.63) is 64.1 Å². The summed E-state index contributed by atoms with van der Waals surface area (Å²) in [5.74, 6) is 1.58. The zero-order chi connectivity index (χ0) is 20.2. The van der Waals surface area contributed by atoms with Crippen molar-refractivity contribution in [2.24, 2.45) is 0 Å². The van der Waals surface area contributed by atoms with Gasteiger partial charge in [-0.15, -0.1) is 11.3 Å². The van der Waals surface area contributed by atoms with Crippen LogP contribution >= 0.6 is 11.3 Å². The molecule has 0 aliphatic heterocycles. The second-order valence-electron chi connectivity index (χ2n) is 6.36. The van der Waals surface area contributed by atoms with E-state index in [9.17, 15) is 4.79 Å². The number of aromatic nitrogens is 6. The highest BCUT2D eigenvalue weighted by molar-refractivity contribution is 7.09. The molecule has 9 nitrogen and oxygen atoms in total. The van der Waals surface area contributed by atoms with Gasteiger partial charge in [-0.25, -0.2) is 9.97 Å². The van der Waals surface area contributed by atoms with E-state index in [2.05, 4.69) is 40.8 Å². The number of carbonyl (C=O) groups is 1. The Morgan fingerprint density at radius 2 is 2.03 bits per heavy atom. The Bertz CT molecular complexity index is 1120. The quantitative estimate of drug-likeness (QED) is 0.450. The maximum Gasteiger partial charge on any atom is 0.270 e. The lowest BCUT2D eigenvalue weighted by molar-refractivity contribution is 0.0946. The van der Waals surface area contributed by atoms with Crippen LogP contribution in [0.1, 0.15) is 26.8 Å². The summed E-state index contributed by atoms with van der Waals surface area (Å²) in [4.78, 5) is 30.5. The van der Waals surface area contributed by atoms with Crippen LogP contribution in [-0.2, 0) is 6.54 Å². The zero-order valence-corrected chi connectivity index (χ0v) is 16.6. The summed E-state index contributed by atoms with van der Waals surface area (Å²) in [7, 11) is 0. The van der Waals surface area contributed by atoms with E-state index in [1.807, 2.05) is 26.0 Å². The van der Waals surface area contributed by atoms with E-state index in [0.717, 1.165) is 16.3 Å². The van der Waals surface area contributed by atoms with Crippen LogP contribution in [0.5, 0.6) is 0 Å². The third-order valence-electron chi connectivity index (χ3n) is 3.98. The number of nitrogens with one attached hydrogen (secondary N) is 3. The average Bonchev–Trinajstić information content (AvgIpc) is 3.37. The average molecular weight is 406 g/mol. The number of pyridine rings is 1. The molecule has 0 saturated heterocycles. The SMILES string of the molecule is Cc1cc(Nc2cc(C)[nH]n2)nc(-c2ccc(C(=O)NCc3cncs3)nc2)n1. The predicted octanol–water partition coefficient (Wildman–Crippen LogP) is 3.01. The third kappa shape index (κ3) is 4.61. The second-order valence-corrected chi connectivity index (χ2v) is 7.33. The molecule has 10 heteroatoms. The molecule has 1 amide bonds. The molecule has 4 rings (SSSR count). The number of nitrogens with zero attached hydrogens (tertiary/aromatic N) is 5. The number of H-pyrrole nitrogens is 1. The molecule has 0 saturated carbocycles. The molecular formula is C19H18N8OS. The summed E-state index contributed by atoms with van der Waals surface area (Å²) in [5.41, 5.74) is 4.53. The van der Waals surface area contributed by atoms with E-state index in [0.29, 0.717) is 35.3 Å². The van der Waals surface area contributed by atoms with Crippen LogP contribution in [-0.4, -0.2) is 36.0 Å². The van der Waals surface area contributed by atoms with E-state index in [-0.39, 0.29) is 5.91 Å². The predicted molar refractivity (Wildman–Crippen MR) is 110 cm³/mol. The highest BCUT2D eigenvalue weighted by atomic mass is 32.1. The van der Waals surface area contributed by atoms with Crippen LogP contribution in [0.4, 0.5) is 11.6 Å². The summed E-state index contributed by atoms with van der Waals surface area (Å²) < 4.78 is 0. The Labute approximate surface area is 170 Å². The van der Waals surface area contributed by atoms with Gasteiger partial charge in [0.25, 0.3) is 5.91 Å². The fourth-order valence-corrected chi connectivity index (χ4v) is 3.16. The van der Waals surface area contributed by atoms with Crippen molar-refractivity contribution < 1.29 is 4.79 Å². The van der Waals surface area contributed by atoms with E-state index >= 15 is 0 Å². The van der Waals surface area contributed by atoms with Crippen molar-refractivity contribution in [3.8, 4) is 11.4 Å². The number of rotatable bonds is 6. The molecule has 0 aromatic carbocycles. The molecule has 4 aromatic heterocycles. The summed E-state index contributed by atoms with van der Waals surface area (Å²) in [5, 5.41) is 13.0. The summed E-state index contributed by atoms with van der Waals surface area (Å²) in [6.07, 6.45) is 3.32. The number of aryl methyl sites for hydroxylation is 2. The highest BCUT2D eigenvalue weighted by Crippen LogP contribution is 2.20. The number of carbonyl (C=O) groups excluding carboxylic acids is 1. The normalized spacial score (nSPS) is 10.7. The van der Waals surface area contributed by atoms with Crippen LogP contribution in [0.15, 0.2) is 42.2 Å². The topological polar surface area (TPSA) is 121 Å². The smallest absolute Gasteiger partial charge is 0.270 e. The minimum Gasteiger partial charge on any atom is -0.346 e. The van der Waals surface area contributed by atoms with E-state index in [1.165, 1.54) is 11.3 Å². The van der Waals surface area contributed by atoms with Gasteiger partial charge in [0, 0.05) is 46.4 Å². The molecule has 0 radical (unpaired) electrons. The molecule has 3 N–H and O–H groups in total. The highest BCUT2D eigenvalue weighted by Gasteiger charge is 2.11. The summed E-state index contributed by atoms with van der Waals surface area (Å²) in [6, 6.07) is 7.17. The van der Waals surface area contributed by atoms with Crippen molar-refractivity contribution in [1.29, 1.82) is 0 Å². The van der Waals surface area contributed by atoms with Gasteiger partial charge in [-0.1, -0.05) is 0 Å². The molecule has 0 spiro atoms. The number of amides is 1. The standard InChI is InChI=1S/C19H18N8OS/c1-11-5-16(24-17-6-12(2)26-27-17)25-18(23-11)13-3-4-15(21-7-13)19(28)22-9-14-8-20-10-29-14/h3-8,10H,9H2,1-2H3,(H,22,28)(H2,23,24,25,26,27). The first-order valence-electron chi connectivity index (χ1n) is 8.83. The van der Waals surface area contributed by atoms with Gasteiger partial charge in [-0.2, -0.15) is 5.10 Å². The van der Waals surface area contributed by atoms with Crippen molar-refractivity contribution in [2.75, 3.05) is 5.32 Å². The van der Waals surface area contributed by atoms with Crippen LogP contribution in [0.3, 0.4) is 0 Å². The molecule has 0 atom stereocenters. The van der Waals surface area contributed by atoms with Crippen LogP contribution < -0.4 is 10.6 Å². The largest absolute Gasteiger partial charge is 0.346 e. The van der Waals surface area contributed by atoms with Crippen LogP contribution in [0, 0.1) is 13.8 Å². The van der Waals surface area contributed by atoms with Crippen molar-refractivity contribution >= 4 is 28.9 Å². The number of hydrogen-bond acceptors (Lipinski definition) is 8. The zero-order valence-electron chi connectivity index (χ0n) is 15.8. The monoisotopic (exact) mass is 406 g/mol. The lowest BCUT2D eigenvalue weighted by atomic mass is 10.2. The van der Waals surface area contributed by atoms with Crippen molar-refractivity contribution in [1.82, 2.24) is 35.5 Å². The fraction of sp³-hybridized carbons (Fsp3) is 0.158. The Hall–Kier alpha value is -3.66. The van der Waals surface area contributed by atoms with E-state index in [4.69, 9.17) is 0 Å². The van der Waals surface area contributed by atoms with Gasteiger partial charge in [0.15, 0.2) is 11.6 Å². The molecule has 0 aliphatic carbocycles. The Balaban J connectivity index is 1.48. The van der Waals surface area contributed by atoms with E-state index < -0.39 is 0 Å². The maximum atomic E-state index is 12.3. The van der Waals surface area contributed by atoms with Gasteiger partial charge in [-0.05, 0) is 26.0 Å². The maximum absolute atomic E-state index is 12.3. The van der Waals surface area contributed by atoms with Gasteiger partial charge >= 0.3 is 0 Å². The first-order valence-corrected chi connectivity index (χ1v) is 9.71. The number of aromatic amines is 1. The van der Waals surface area contributed by atoms with Gasteiger partial charge < -0.3 is 10.6 Å². The molecule has 4 aromatic rings. The summed E-state index contributed by atoms with van der Waals surface area (Å²) in [6.45, 7) is 4.24. The molecular weight excluding hydrogens is 388 g/mol. The number of thiazole rings is 1. The van der Waals surface area contributed by atoms with Gasteiger partial charge in [0.1, 0.15) is 11.5 Å².